The van der Waals surface area contributed by atoms with Crippen LogP contribution in [0.4, 0.5) is 0 Å². The Morgan fingerprint density at radius 3 is 2.27 bits per heavy atom. The number of benzene rings is 1. The summed E-state index contributed by atoms with van der Waals surface area (Å²) in [5.41, 5.74) is 2.52. The van der Waals surface area contributed by atoms with Crippen LogP contribution in [0.5, 0.6) is 0 Å². The largest absolute Gasteiger partial charge is 0.373 e. The third-order valence-electron chi connectivity index (χ3n) is 5.69. The highest BCUT2D eigenvalue weighted by atomic mass is 32.2. The van der Waals surface area contributed by atoms with Gasteiger partial charge in [-0.25, -0.2) is 0 Å². The van der Waals surface area contributed by atoms with Crippen LogP contribution < -0.4 is 0 Å². The number of carbonyl (C=O) groups is 1. The van der Waals surface area contributed by atoms with E-state index in [9.17, 15) is 13.2 Å². The molecule has 0 bridgehead atoms. The highest BCUT2D eigenvalue weighted by molar-refractivity contribution is 7.99. The lowest BCUT2D eigenvalue weighted by Crippen LogP contribution is -2.57. The number of aryl methyl sites for hydroxylation is 2. The topological polar surface area (TPSA) is 70.2 Å². The van der Waals surface area contributed by atoms with E-state index in [1.165, 1.54) is 24.6 Å². The molecule has 7 nitrogen and oxygen atoms in total. The van der Waals surface area contributed by atoms with Crippen LogP contribution in [0.15, 0.2) is 23.1 Å². The standard InChI is InChI=1S/C21H33N3O4S2/c1-16-5-6-20(13-17(16)2)29-12-7-21(25)22-8-10-23(11-9-22)30(26,27)24-14-18(3)28-19(4)15-24/h5-6,13,18-19H,7-12,14-15H2,1-4H3. The Balaban J connectivity index is 1.46. The molecule has 0 saturated carbocycles. The van der Waals surface area contributed by atoms with Crippen LogP contribution in [0.3, 0.4) is 0 Å². The summed E-state index contributed by atoms with van der Waals surface area (Å²) in [4.78, 5) is 15.5. The van der Waals surface area contributed by atoms with Crippen molar-refractivity contribution in [2.24, 2.45) is 0 Å². The summed E-state index contributed by atoms with van der Waals surface area (Å²) in [7, 11) is -3.52. The zero-order chi connectivity index (χ0) is 21.9. The second kappa shape index (κ2) is 9.99. The first-order valence-corrected chi connectivity index (χ1v) is 12.9. The van der Waals surface area contributed by atoms with Crippen molar-refractivity contribution in [1.82, 2.24) is 13.5 Å². The van der Waals surface area contributed by atoms with Gasteiger partial charge in [-0.2, -0.15) is 17.0 Å². The summed E-state index contributed by atoms with van der Waals surface area (Å²) < 4.78 is 34.6. The maximum absolute atomic E-state index is 13.0. The van der Waals surface area contributed by atoms with Crippen molar-refractivity contribution < 1.29 is 17.9 Å². The van der Waals surface area contributed by atoms with Gasteiger partial charge in [0.25, 0.3) is 10.2 Å². The molecule has 2 unspecified atom stereocenters. The molecule has 1 aromatic rings. The molecule has 0 aromatic heterocycles. The van der Waals surface area contributed by atoms with Gasteiger partial charge in [-0.1, -0.05) is 6.07 Å². The Morgan fingerprint density at radius 2 is 1.67 bits per heavy atom. The van der Waals surface area contributed by atoms with Crippen LogP contribution in [-0.2, 0) is 19.7 Å². The first-order chi connectivity index (χ1) is 14.2. The minimum atomic E-state index is -3.52. The third-order valence-corrected chi connectivity index (χ3v) is 8.66. The van der Waals surface area contributed by atoms with E-state index in [0.29, 0.717) is 45.7 Å². The summed E-state index contributed by atoms with van der Waals surface area (Å²) in [5, 5.41) is 0. The fraction of sp³-hybridized carbons (Fsp3) is 0.667. The normalized spacial score (nSPS) is 24.2. The molecule has 0 spiro atoms. The maximum atomic E-state index is 13.0. The molecule has 0 radical (unpaired) electrons. The van der Waals surface area contributed by atoms with E-state index in [-0.39, 0.29) is 18.1 Å². The van der Waals surface area contributed by atoms with Crippen molar-refractivity contribution in [1.29, 1.82) is 0 Å². The first kappa shape index (κ1) is 23.5. The van der Waals surface area contributed by atoms with Crippen molar-refractivity contribution in [3.63, 3.8) is 0 Å². The van der Waals surface area contributed by atoms with Gasteiger partial charge in [-0.05, 0) is 51.0 Å². The molecule has 1 aromatic carbocycles. The summed E-state index contributed by atoms with van der Waals surface area (Å²) in [6.45, 7) is 10.3. The predicted molar refractivity (Wildman–Crippen MR) is 120 cm³/mol. The summed E-state index contributed by atoms with van der Waals surface area (Å²) in [5.74, 6) is 0.820. The number of rotatable bonds is 6. The van der Waals surface area contributed by atoms with E-state index in [2.05, 4.69) is 32.0 Å². The van der Waals surface area contributed by atoms with Crippen LogP contribution in [0.1, 0.15) is 31.4 Å². The van der Waals surface area contributed by atoms with Gasteiger partial charge in [-0.15, -0.1) is 11.8 Å². The molecular weight excluding hydrogens is 422 g/mol. The van der Waals surface area contributed by atoms with Gasteiger partial charge in [0.1, 0.15) is 0 Å². The minimum Gasteiger partial charge on any atom is -0.373 e. The van der Waals surface area contributed by atoms with E-state index < -0.39 is 10.2 Å². The van der Waals surface area contributed by atoms with Gasteiger partial charge in [0.05, 0.1) is 12.2 Å². The molecule has 2 aliphatic rings. The summed E-state index contributed by atoms with van der Waals surface area (Å²) >= 11 is 1.69. The van der Waals surface area contributed by atoms with E-state index in [1.54, 1.807) is 16.7 Å². The molecule has 0 aliphatic carbocycles. The monoisotopic (exact) mass is 455 g/mol. The number of thioether (sulfide) groups is 1. The van der Waals surface area contributed by atoms with Crippen LogP contribution in [0.25, 0.3) is 0 Å². The van der Waals surface area contributed by atoms with E-state index in [1.807, 2.05) is 13.8 Å². The number of hydrogen-bond donors (Lipinski definition) is 0. The first-order valence-electron chi connectivity index (χ1n) is 10.6. The Kier molecular flexibility index (Phi) is 7.84. The van der Waals surface area contributed by atoms with E-state index in [4.69, 9.17) is 4.74 Å². The quantitative estimate of drug-likeness (QED) is 0.616. The zero-order valence-electron chi connectivity index (χ0n) is 18.3. The van der Waals surface area contributed by atoms with E-state index in [0.717, 1.165) is 5.75 Å². The zero-order valence-corrected chi connectivity index (χ0v) is 20.0. The molecule has 0 N–H and O–H groups in total. The average molecular weight is 456 g/mol. The predicted octanol–water partition coefficient (Wildman–Crippen LogP) is 2.28. The van der Waals surface area contributed by atoms with Crippen molar-refractivity contribution in [3.05, 3.63) is 29.3 Å². The second-order valence-electron chi connectivity index (χ2n) is 8.21. The van der Waals surface area contributed by atoms with Crippen molar-refractivity contribution in [3.8, 4) is 0 Å². The van der Waals surface area contributed by atoms with Gasteiger partial charge in [0.15, 0.2) is 0 Å². The fourth-order valence-electron chi connectivity index (χ4n) is 3.87. The van der Waals surface area contributed by atoms with Crippen LogP contribution >= 0.6 is 11.8 Å². The minimum absolute atomic E-state index is 0.0944. The SMILES string of the molecule is Cc1ccc(SCCC(=O)N2CCN(S(=O)(=O)N3CC(C)OC(C)C3)CC2)cc1C. The molecule has 30 heavy (non-hydrogen) atoms. The highest BCUT2D eigenvalue weighted by Crippen LogP contribution is 2.23. The number of piperazine rings is 1. The number of carbonyl (C=O) groups excluding carboxylic acids is 1. The molecule has 2 heterocycles. The fourth-order valence-corrected chi connectivity index (χ4v) is 6.55. The van der Waals surface area contributed by atoms with Crippen molar-refractivity contribution >= 4 is 27.9 Å². The van der Waals surface area contributed by atoms with Crippen LogP contribution in [0.2, 0.25) is 0 Å². The van der Waals surface area contributed by atoms with Gasteiger partial charge in [-0.3, -0.25) is 4.79 Å². The lowest BCUT2D eigenvalue weighted by Gasteiger charge is -2.40. The number of hydrogen-bond acceptors (Lipinski definition) is 5. The molecule has 1 amide bonds. The van der Waals surface area contributed by atoms with Crippen molar-refractivity contribution in [2.45, 2.75) is 51.2 Å². The summed E-state index contributed by atoms with van der Waals surface area (Å²) in [6.07, 6.45) is 0.241. The molecule has 2 saturated heterocycles. The summed E-state index contributed by atoms with van der Waals surface area (Å²) in [6, 6.07) is 6.35. The Labute approximate surface area is 184 Å². The molecule has 168 valence electrons. The van der Waals surface area contributed by atoms with Crippen LogP contribution in [0, 0.1) is 13.8 Å². The third kappa shape index (κ3) is 5.76. The smallest absolute Gasteiger partial charge is 0.282 e. The lowest BCUT2D eigenvalue weighted by atomic mass is 10.1. The van der Waals surface area contributed by atoms with E-state index >= 15 is 0 Å². The van der Waals surface area contributed by atoms with Crippen LogP contribution in [-0.4, -0.2) is 85.1 Å². The Bertz CT molecular complexity index is 844. The lowest BCUT2D eigenvalue weighted by molar-refractivity contribution is -0.131. The molecule has 3 rings (SSSR count). The van der Waals surface area contributed by atoms with Gasteiger partial charge >= 0.3 is 0 Å². The van der Waals surface area contributed by atoms with Gasteiger partial charge in [0, 0.05) is 56.3 Å². The average Bonchev–Trinajstić information content (AvgIpc) is 2.70. The van der Waals surface area contributed by atoms with Gasteiger partial charge < -0.3 is 9.64 Å². The van der Waals surface area contributed by atoms with Crippen molar-refractivity contribution in [2.75, 3.05) is 45.0 Å². The van der Waals surface area contributed by atoms with Gasteiger partial charge in [0.2, 0.25) is 5.91 Å². The number of nitrogens with zero attached hydrogens (tertiary/aromatic N) is 3. The molecular formula is C21H33N3O4S2. The molecule has 2 aliphatic heterocycles. The number of amides is 1. The second-order valence-corrected chi connectivity index (χ2v) is 11.3. The number of morpholine rings is 1. The molecule has 9 heteroatoms. The highest BCUT2D eigenvalue weighted by Gasteiger charge is 2.37. The Hall–Kier alpha value is -1.13. The maximum Gasteiger partial charge on any atom is 0.282 e. The molecule has 2 atom stereocenters. The Morgan fingerprint density at radius 1 is 1.03 bits per heavy atom. The molecule has 2 fully saturated rings. The number of ether oxygens (including phenoxy) is 1.